The van der Waals surface area contributed by atoms with Crippen LogP contribution in [0.1, 0.15) is 49.8 Å². The zero-order chi connectivity index (χ0) is 18.0. The number of allylic oxidation sites excluding steroid dienone is 1. The molecule has 0 spiro atoms. The summed E-state index contributed by atoms with van der Waals surface area (Å²) in [5, 5.41) is 10.2. The van der Waals surface area contributed by atoms with Crippen molar-refractivity contribution in [3.05, 3.63) is 63.7 Å². The van der Waals surface area contributed by atoms with E-state index in [1.807, 2.05) is 18.3 Å². The molecule has 4 heteroatoms. The molecule has 0 N–H and O–H groups in total. The SMILES string of the molecule is CC(C)(C)CC[n+]1c(C#N)ncc2c1CC(Cc1ccc(Cl)cc1)=C2. The minimum absolute atomic E-state index is 0.223. The molecule has 0 aliphatic heterocycles. The Kier molecular flexibility index (Phi) is 4.92. The molecule has 0 radical (unpaired) electrons. The van der Waals surface area contributed by atoms with E-state index in [9.17, 15) is 5.26 Å². The van der Waals surface area contributed by atoms with Gasteiger partial charge in [-0.2, -0.15) is 5.26 Å². The molecule has 1 aromatic heterocycles. The molecule has 0 saturated heterocycles. The van der Waals surface area contributed by atoms with Gasteiger partial charge in [-0.1, -0.05) is 50.1 Å². The van der Waals surface area contributed by atoms with E-state index in [1.54, 1.807) is 0 Å². The lowest BCUT2D eigenvalue weighted by Gasteiger charge is -2.17. The van der Waals surface area contributed by atoms with Gasteiger partial charge in [-0.3, -0.25) is 0 Å². The fraction of sp³-hybridized carbons (Fsp3) is 0.381. The Morgan fingerprint density at radius 2 is 1.96 bits per heavy atom. The summed E-state index contributed by atoms with van der Waals surface area (Å²) in [6.45, 7) is 7.49. The van der Waals surface area contributed by atoms with Gasteiger partial charge in [-0.05, 0) is 47.0 Å². The van der Waals surface area contributed by atoms with Gasteiger partial charge in [0, 0.05) is 11.4 Å². The number of nitrogens with zero attached hydrogens (tertiary/aromatic N) is 3. The van der Waals surface area contributed by atoms with Gasteiger partial charge in [0.1, 0.15) is 5.69 Å². The smallest absolute Gasteiger partial charge is 0.218 e. The molecule has 1 aliphatic rings. The van der Waals surface area contributed by atoms with Crippen molar-refractivity contribution in [2.24, 2.45) is 5.41 Å². The zero-order valence-electron chi connectivity index (χ0n) is 15.0. The molecule has 0 fully saturated rings. The highest BCUT2D eigenvalue weighted by atomic mass is 35.5. The van der Waals surface area contributed by atoms with Crippen LogP contribution in [0.5, 0.6) is 0 Å². The van der Waals surface area contributed by atoms with Crippen LogP contribution in [0, 0.1) is 16.7 Å². The summed E-state index contributed by atoms with van der Waals surface area (Å²) in [6, 6.07) is 10.2. The molecular formula is C21H23ClN3+. The summed E-state index contributed by atoms with van der Waals surface area (Å²) < 4.78 is 2.10. The van der Waals surface area contributed by atoms with Crippen LogP contribution < -0.4 is 4.57 Å². The van der Waals surface area contributed by atoms with Crippen molar-refractivity contribution < 1.29 is 4.57 Å². The molecule has 128 valence electrons. The van der Waals surface area contributed by atoms with Gasteiger partial charge in [-0.25, -0.2) is 4.57 Å². The Morgan fingerprint density at radius 3 is 2.60 bits per heavy atom. The lowest BCUT2D eigenvalue weighted by molar-refractivity contribution is -0.710. The van der Waals surface area contributed by atoms with E-state index in [0.29, 0.717) is 5.82 Å². The Balaban J connectivity index is 1.83. The van der Waals surface area contributed by atoms with Crippen molar-refractivity contribution in [3.63, 3.8) is 0 Å². The van der Waals surface area contributed by atoms with Gasteiger partial charge in [0.2, 0.25) is 0 Å². The third kappa shape index (κ3) is 4.27. The van der Waals surface area contributed by atoms with Gasteiger partial charge < -0.3 is 0 Å². The van der Waals surface area contributed by atoms with E-state index in [-0.39, 0.29) is 5.41 Å². The summed E-state index contributed by atoms with van der Waals surface area (Å²) >= 11 is 5.97. The number of hydrogen-bond donors (Lipinski definition) is 0. The lowest BCUT2D eigenvalue weighted by atomic mass is 9.92. The summed E-state index contributed by atoms with van der Waals surface area (Å²) in [5.41, 5.74) is 5.16. The van der Waals surface area contributed by atoms with E-state index < -0.39 is 0 Å². The predicted octanol–water partition coefficient (Wildman–Crippen LogP) is 4.51. The lowest BCUT2D eigenvalue weighted by Crippen LogP contribution is -2.44. The van der Waals surface area contributed by atoms with Crippen LogP contribution in [0.3, 0.4) is 0 Å². The van der Waals surface area contributed by atoms with E-state index in [4.69, 9.17) is 11.6 Å². The minimum Gasteiger partial charge on any atom is -0.218 e. The standard InChI is InChI=1S/C21H23ClN3/c1-21(2,3)8-9-25-19-12-16(10-15-4-6-18(22)7-5-15)11-17(19)14-24-20(25)13-23/h4-7,11,14H,8-10,12H2,1-3H3/q+1. The Morgan fingerprint density at radius 1 is 1.24 bits per heavy atom. The highest BCUT2D eigenvalue weighted by Crippen LogP contribution is 2.26. The Labute approximate surface area is 154 Å². The zero-order valence-corrected chi connectivity index (χ0v) is 15.8. The van der Waals surface area contributed by atoms with Crippen molar-refractivity contribution in [1.29, 1.82) is 5.26 Å². The monoisotopic (exact) mass is 352 g/mol. The fourth-order valence-electron chi connectivity index (χ4n) is 3.12. The molecule has 1 heterocycles. The second-order valence-corrected chi connectivity index (χ2v) is 8.28. The number of rotatable bonds is 4. The second-order valence-electron chi connectivity index (χ2n) is 7.84. The largest absolute Gasteiger partial charge is 0.403 e. The van der Waals surface area contributed by atoms with Crippen LogP contribution in [0.15, 0.2) is 36.0 Å². The van der Waals surface area contributed by atoms with Crippen molar-refractivity contribution in [2.75, 3.05) is 0 Å². The number of benzene rings is 1. The fourth-order valence-corrected chi connectivity index (χ4v) is 3.24. The van der Waals surface area contributed by atoms with Crippen molar-refractivity contribution >= 4 is 17.7 Å². The Bertz CT molecular complexity index is 852. The predicted molar refractivity (Wildman–Crippen MR) is 100 cm³/mol. The van der Waals surface area contributed by atoms with Crippen LogP contribution in [0.4, 0.5) is 0 Å². The summed E-state index contributed by atoms with van der Waals surface area (Å²) in [7, 11) is 0. The first-order valence-corrected chi connectivity index (χ1v) is 8.99. The molecule has 0 unspecified atom stereocenters. The molecule has 3 rings (SSSR count). The summed E-state index contributed by atoms with van der Waals surface area (Å²) in [5.74, 6) is 0.504. The number of nitriles is 1. The van der Waals surface area contributed by atoms with E-state index in [2.05, 4.69) is 54.6 Å². The first-order chi connectivity index (χ1) is 11.9. The summed E-state index contributed by atoms with van der Waals surface area (Å²) in [6.07, 6.45) is 6.82. The molecule has 1 aliphatic carbocycles. The Hall–Kier alpha value is -2.18. The van der Waals surface area contributed by atoms with Crippen LogP contribution >= 0.6 is 11.6 Å². The molecule has 1 aromatic carbocycles. The first kappa shape index (κ1) is 17.6. The average molecular weight is 353 g/mol. The van der Waals surface area contributed by atoms with E-state index >= 15 is 0 Å². The second kappa shape index (κ2) is 6.98. The minimum atomic E-state index is 0.223. The molecule has 3 nitrogen and oxygen atoms in total. The topological polar surface area (TPSA) is 40.6 Å². The number of fused-ring (bicyclic) bond motifs is 1. The molecule has 0 bridgehead atoms. The number of halogens is 1. The first-order valence-electron chi connectivity index (χ1n) is 8.61. The number of aromatic nitrogens is 2. The highest BCUT2D eigenvalue weighted by molar-refractivity contribution is 6.30. The maximum Gasteiger partial charge on any atom is 0.403 e. The van der Waals surface area contributed by atoms with Crippen molar-refractivity contribution in [1.82, 2.24) is 4.98 Å². The van der Waals surface area contributed by atoms with E-state index in [1.165, 1.54) is 16.8 Å². The number of hydrogen-bond acceptors (Lipinski definition) is 2. The van der Waals surface area contributed by atoms with Crippen molar-refractivity contribution in [2.45, 2.75) is 46.6 Å². The van der Waals surface area contributed by atoms with Crippen LogP contribution in [-0.4, -0.2) is 4.98 Å². The van der Waals surface area contributed by atoms with Gasteiger partial charge >= 0.3 is 5.82 Å². The third-order valence-corrected chi connectivity index (χ3v) is 4.78. The van der Waals surface area contributed by atoms with Gasteiger partial charge in [0.05, 0.1) is 12.1 Å². The van der Waals surface area contributed by atoms with E-state index in [0.717, 1.165) is 36.4 Å². The van der Waals surface area contributed by atoms with Gasteiger partial charge in [-0.15, -0.1) is 0 Å². The maximum atomic E-state index is 9.44. The molecule has 25 heavy (non-hydrogen) atoms. The maximum absolute atomic E-state index is 9.44. The molecule has 0 atom stereocenters. The highest BCUT2D eigenvalue weighted by Gasteiger charge is 2.26. The normalized spacial score (nSPS) is 13.3. The van der Waals surface area contributed by atoms with Gasteiger partial charge in [0.15, 0.2) is 12.3 Å². The van der Waals surface area contributed by atoms with Gasteiger partial charge in [0.25, 0.3) is 0 Å². The molecule has 0 saturated carbocycles. The van der Waals surface area contributed by atoms with Crippen LogP contribution in [0.25, 0.3) is 6.08 Å². The molecule has 2 aromatic rings. The summed E-state index contributed by atoms with van der Waals surface area (Å²) in [4.78, 5) is 4.36. The van der Waals surface area contributed by atoms with Crippen LogP contribution in [0.2, 0.25) is 5.02 Å². The van der Waals surface area contributed by atoms with Crippen molar-refractivity contribution in [3.8, 4) is 6.07 Å². The average Bonchev–Trinajstić information content (AvgIpc) is 2.96. The third-order valence-electron chi connectivity index (χ3n) is 4.52. The quantitative estimate of drug-likeness (QED) is 0.759. The molecular weight excluding hydrogens is 330 g/mol. The molecule has 0 amide bonds. The van der Waals surface area contributed by atoms with Crippen LogP contribution in [-0.2, 0) is 19.4 Å².